The zero-order valence-electron chi connectivity index (χ0n) is 17.2. The number of alkyl halides is 3. The smallest absolute Gasteiger partial charge is 0.417 e. The van der Waals surface area contributed by atoms with Gasteiger partial charge in [0.05, 0.1) is 12.5 Å². The summed E-state index contributed by atoms with van der Waals surface area (Å²) in [4.78, 5) is 27.9. The Balaban J connectivity index is 2.12. The first-order chi connectivity index (χ1) is 15.3. The molecule has 0 unspecified atom stereocenters. The van der Waals surface area contributed by atoms with E-state index in [1.807, 2.05) is 0 Å². The molecule has 2 heterocycles. The molecular weight excluding hydrogens is 457 g/mol. The highest BCUT2D eigenvalue weighted by Gasteiger charge is 2.61. The number of hydrogen-bond acceptors (Lipinski definition) is 5. The van der Waals surface area contributed by atoms with Crippen LogP contribution in [0.2, 0.25) is 0 Å². The van der Waals surface area contributed by atoms with Gasteiger partial charge in [0.1, 0.15) is 11.8 Å². The van der Waals surface area contributed by atoms with Crippen molar-refractivity contribution in [3.8, 4) is 5.75 Å². The van der Waals surface area contributed by atoms with Crippen molar-refractivity contribution in [1.29, 1.82) is 0 Å². The van der Waals surface area contributed by atoms with E-state index in [1.165, 1.54) is 0 Å². The van der Waals surface area contributed by atoms with Gasteiger partial charge in [-0.05, 0) is 31.5 Å². The molecule has 0 spiro atoms. The van der Waals surface area contributed by atoms with Gasteiger partial charge in [0, 0.05) is 17.7 Å². The molecule has 1 aliphatic rings. The van der Waals surface area contributed by atoms with Gasteiger partial charge in [-0.1, -0.05) is 6.07 Å². The van der Waals surface area contributed by atoms with Crippen LogP contribution in [0.15, 0.2) is 35.5 Å². The fourth-order valence-corrected chi connectivity index (χ4v) is 3.59. The van der Waals surface area contributed by atoms with Gasteiger partial charge < -0.3 is 20.4 Å². The fourth-order valence-electron chi connectivity index (χ4n) is 3.59. The lowest BCUT2D eigenvalue weighted by Crippen LogP contribution is -2.43. The van der Waals surface area contributed by atoms with Gasteiger partial charge in [-0.3, -0.25) is 9.59 Å². The summed E-state index contributed by atoms with van der Waals surface area (Å²) in [5.74, 6) is -7.04. The SMILES string of the molecule is COc1c([C@@H]2C[C@@](C)(C(F)(F)F)O[C@@H]2C(=O)N=c2ccn(O)c(C(N)=O)c2)ccc(F)c1F. The van der Waals surface area contributed by atoms with Crippen LogP contribution < -0.4 is 15.8 Å². The maximum atomic E-state index is 14.2. The summed E-state index contributed by atoms with van der Waals surface area (Å²) in [6.45, 7) is 0.724. The molecule has 1 aromatic heterocycles. The average molecular weight is 475 g/mol. The van der Waals surface area contributed by atoms with E-state index < -0.39 is 65.1 Å². The van der Waals surface area contributed by atoms with E-state index in [0.717, 1.165) is 38.4 Å². The predicted molar refractivity (Wildman–Crippen MR) is 100 cm³/mol. The lowest BCUT2D eigenvalue weighted by Gasteiger charge is -2.26. The molecule has 0 radical (unpaired) electrons. The lowest BCUT2D eigenvalue weighted by molar-refractivity contribution is -0.262. The maximum absolute atomic E-state index is 14.2. The number of rotatable bonds is 4. The normalized spacial score (nSPS) is 23.5. The van der Waals surface area contributed by atoms with Gasteiger partial charge in [0.2, 0.25) is 5.82 Å². The molecule has 3 atom stereocenters. The fraction of sp³-hybridized carbons (Fsp3) is 0.350. The summed E-state index contributed by atoms with van der Waals surface area (Å²) in [6, 6.07) is 3.74. The van der Waals surface area contributed by atoms with E-state index in [2.05, 4.69) is 4.99 Å². The summed E-state index contributed by atoms with van der Waals surface area (Å²) in [5.41, 5.74) is 1.64. The number of pyridine rings is 1. The van der Waals surface area contributed by atoms with Gasteiger partial charge in [0.15, 0.2) is 17.2 Å². The number of primary amides is 1. The molecule has 2 aromatic rings. The van der Waals surface area contributed by atoms with Gasteiger partial charge in [-0.15, -0.1) is 0 Å². The third-order valence-corrected chi connectivity index (χ3v) is 5.30. The van der Waals surface area contributed by atoms with Gasteiger partial charge in [-0.25, -0.2) is 9.38 Å². The van der Waals surface area contributed by atoms with E-state index in [-0.39, 0.29) is 10.9 Å². The number of nitrogens with zero attached hydrogens (tertiary/aromatic N) is 2. The van der Waals surface area contributed by atoms with E-state index >= 15 is 0 Å². The predicted octanol–water partition coefficient (Wildman–Crippen LogP) is 2.43. The van der Waals surface area contributed by atoms with E-state index in [1.54, 1.807) is 0 Å². The average Bonchev–Trinajstić information content (AvgIpc) is 3.10. The zero-order valence-corrected chi connectivity index (χ0v) is 17.2. The monoisotopic (exact) mass is 475 g/mol. The first-order valence-electron chi connectivity index (χ1n) is 9.36. The second-order valence-electron chi connectivity index (χ2n) is 7.49. The van der Waals surface area contributed by atoms with Crippen molar-refractivity contribution in [3.05, 3.63) is 58.7 Å². The molecule has 0 bridgehead atoms. The second kappa shape index (κ2) is 8.46. The Morgan fingerprint density at radius 3 is 2.55 bits per heavy atom. The van der Waals surface area contributed by atoms with Crippen LogP contribution in [0.25, 0.3) is 0 Å². The summed E-state index contributed by atoms with van der Waals surface area (Å²) in [7, 11) is 1.00. The highest BCUT2D eigenvalue weighted by atomic mass is 19.4. The minimum Gasteiger partial charge on any atom is -0.493 e. The number of amides is 2. The van der Waals surface area contributed by atoms with Crippen LogP contribution in [0.5, 0.6) is 5.75 Å². The molecule has 178 valence electrons. The Morgan fingerprint density at radius 1 is 1.30 bits per heavy atom. The standard InChI is InChI=1S/C20H18F5N3O5/c1-19(20(23,24)25)8-11(10-3-4-12(21)14(22)15(10)32-2)16(33-19)18(30)27-9-5-6-28(31)13(7-9)17(26)29/h3-7,11,16,31H,8H2,1-2H3,(H2,26,29)/t11-,16-,19-/m0/s1. The van der Waals surface area contributed by atoms with Gasteiger partial charge >= 0.3 is 6.18 Å². The molecule has 0 aliphatic carbocycles. The van der Waals surface area contributed by atoms with Crippen LogP contribution in [0.3, 0.4) is 0 Å². The molecule has 1 aliphatic heterocycles. The Bertz CT molecular complexity index is 1180. The molecule has 33 heavy (non-hydrogen) atoms. The van der Waals surface area contributed by atoms with Gasteiger partial charge in [-0.2, -0.15) is 22.3 Å². The molecule has 3 N–H and O–H groups in total. The number of aromatic nitrogens is 1. The highest BCUT2D eigenvalue weighted by Crippen LogP contribution is 2.51. The lowest BCUT2D eigenvalue weighted by atomic mass is 9.86. The van der Waals surface area contributed by atoms with Crippen LogP contribution in [0, 0.1) is 11.6 Å². The summed E-state index contributed by atoms with van der Waals surface area (Å²) in [6.07, 6.45) is -6.62. The Labute approximate surface area is 183 Å². The molecule has 2 amide bonds. The van der Waals surface area contributed by atoms with Crippen LogP contribution in [0.4, 0.5) is 22.0 Å². The largest absolute Gasteiger partial charge is 0.493 e. The van der Waals surface area contributed by atoms with Crippen molar-refractivity contribution in [2.24, 2.45) is 10.7 Å². The number of carbonyl (C=O) groups excluding carboxylic acids is 2. The number of nitrogens with two attached hydrogens (primary N) is 1. The topological polar surface area (TPSA) is 116 Å². The van der Waals surface area contributed by atoms with Crippen LogP contribution in [0.1, 0.15) is 35.3 Å². The van der Waals surface area contributed by atoms with Crippen molar-refractivity contribution in [3.63, 3.8) is 0 Å². The number of benzene rings is 1. The molecule has 3 rings (SSSR count). The number of halogens is 5. The molecular formula is C20H18F5N3O5. The maximum Gasteiger partial charge on any atom is 0.417 e. The molecule has 1 saturated heterocycles. The summed E-state index contributed by atoms with van der Waals surface area (Å²) >= 11 is 0. The molecule has 13 heteroatoms. The zero-order chi connectivity index (χ0) is 24.7. The number of ether oxygens (including phenoxy) is 2. The Morgan fingerprint density at radius 2 is 1.97 bits per heavy atom. The van der Waals surface area contributed by atoms with E-state index in [4.69, 9.17) is 15.2 Å². The quantitative estimate of drug-likeness (QED) is 0.521. The number of methoxy groups -OCH3 is 1. The third kappa shape index (κ3) is 4.40. The molecule has 1 fully saturated rings. The molecule has 0 saturated carbocycles. The Kier molecular flexibility index (Phi) is 6.20. The van der Waals surface area contributed by atoms with Crippen molar-refractivity contribution in [2.75, 3.05) is 7.11 Å². The minimum atomic E-state index is -4.90. The summed E-state index contributed by atoms with van der Waals surface area (Å²) < 4.78 is 79.3. The summed E-state index contributed by atoms with van der Waals surface area (Å²) in [5, 5.41) is 9.36. The number of carbonyl (C=O) groups is 2. The van der Waals surface area contributed by atoms with Crippen LogP contribution >= 0.6 is 0 Å². The van der Waals surface area contributed by atoms with Gasteiger partial charge in [0.25, 0.3) is 11.8 Å². The first kappa shape index (κ1) is 24.2. The van der Waals surface area contributed by atoms with Crippen molar-refractivity contribution < 1.29 is 46.2 Å². The molecule has 1 aromatic carbocycles. The molecule has 8 nitrogen and oxygen atoms in total. The van der Waals surface area contributed by atoms with E-state index in [0.29, 0.717) is 10.8 Å². The van der Waals surface area contributed by atoms with Crippen molar-refractivity contribution in [2.45, 2.75) is 37.1 Å². The van der Waals surface area contributed by atoms with Crippen LogP contribution in [-0.2, 0) is 9.53 Å². The minimum absolute atomic E-state index is 0.209. The van der Waals surface area contributed by atoms with Crippen LogP contribution in [-0.4, -0.2) is 46.7 Å². The van der Waals surface area contributed by atoms with E-state index in [9.17, 15) is 36.7 Å². The third-order valence-electron chi connectivity index (χ3n) is 5.30. The Hall–Kier alpha value is -3.48. The highest BCUT2D eigenvalue weighted by molar-refractivity contribution is 5.91. The van der Waals surface area contributed by atoms with Crippen molar-refractivity contribution in [1.82, 2.24) is 4.73 Å². The van der Waals surface area contributed by atoms with Crippen molar-refractivity contribution >= 4 is 11.8 Å². The first-order valence-corrected chi connectivity index (χ1v) is 9.36. The number of hydrogen-bond donors (Lipinski definition) is 2. The second-order valence-corrected chi connectivity index (χ2v) is 7.49.